The lowest BCUT2D eigenvalue weighted by atomic mass is 9.85. The van der Waals surface area contributed by atoms with Gasteiger partial charge in [-0.2, -0.15) is 5.26 Å². The SMILES string of the molecule is N#CC1(C(=O)NC(CO)(CO)CO)CCCC1. The van der Waals surface area contributed by atoms with Gasteiger partial charge in [0.15, 0.2) is 0 Å². The van der Waals surface area contributed by atoms with Crippen molar-refractivity contribution in [2.24, 2.45) is 5.41 Å². The fourth-order valence-corrected chi connectivity index (χ4v) is 2.00. The maximum absolute atomic E-state index is 12.0. The number of hydrogen-bond donors (Lipinski definition) is 4. The van der Waals surface area contributed by atoms with Gasteiger partial charge in [0, 0.05) is 0 Å². The van der Waals surface area contributed by atoms with Crippen LogP contribution in [0.5, 0.6) is 0 Å². The minimum Gasteiger partial charge on any atom is -0.394 e. The first kappa shape index (κ1) is 13.9. The molecule has 0 unspecified atom stereocenters. The third kappa shape index (κ3) is 2.57. The van der Waals surface area contributed by atoms with Gasteiger partial charge in [-0.15, -0.1) is 0 Å². The van der Waals surface area contributed by atoms with Crippen LogP contribution in [0, 0.1) is 16.7 Å². The monoisotopic (exact) mass is 242 g/mol. The highest BCUT2D eigenvalue weighted by Gasteiger charge is 2.44. The van der Waals surface area contributed by atoms with E-state index < -0.39 is 36.7 Å². The molecule has 1 amide bonds. The number of amides is 1. The second-order valence-corrected chi connectivity index (χ2v) is 4.61. The second-order valence-electron chi connectivity index (χ2n) is 4.61. The Morgan fingerprint density at radius 3 is 2.06 bits per heavy atom. The summed E-state index contributed by atoms with van der Waals surface area (Å²) in [6.45, 7) is -1.73. The van der Waals surface area contributed by atoms with Crippen molar-refractivity contribution in [1.82, 2.24) is 5.32 Å². The van der Waals surface area contributed by atoms with Gasteiger partial charge in [-0.1, -0.05) is 12.8 Å². The first-order valence-electron chi connectivity index (χ1n) is 5.64. The summed E-state index contributed by atoms with van der Waals surface area (Å²) < 4.78 is 0. The standard InChI is InChI=1S/C11H18N2O4/c12-5-10(3-1-2-4-10)9(17)13-11(6-14,7-15)8-16/h14-16H,1-4,6-8H2,(H,13,17). The van der Waals surface area contributed by atoms with E-state index in [9.17, 15) is 4.79 Å². The van der Waals surface area contributed by atoms with E-state index in [4.69, 9.17) is 20.6 Å². The van der Waals surface area contributed by atoms with Gasteiger partial charge in [0.1, 0.15) is 11.0 Å². The summed E-state index contributed by atoms with van der Waals surface area (Å²) in [5.41, 5.74) is -2.53. The number of rotatable bonds is 5. The molecule has 0 heterocycles. The number of nitrogens with zero attached hydrogens (tertiary/aromatic N) is 1. The zero-order valence-corrected chi connectivity index (χ0v) is 9.65. The van der Waals surface area contributed by atoms with E-state index in [2.05, 4.69) is 5.32 Å². The molecular weight excluding hydrogens is 224 g/mol. The molecule has 0 radical (unpaired) electrons. The molecule has 0 aliphatic heterocycles. The zero-order chi connectivity index (χ0) is 12.9. The number of nitrogens with one attached hydrogen (secondary N) is 1. The highest BCUT2D eigenvalue weighted by Crippen LogP contribution is 2.37. The van der Waals surface area contributed by atoms with Crippen molar-refractivity contribution in [3.63, 3.8) is 0 Å². The van der Waals surface area contributed by atoms with E-state index in [1.165, 1.54) is 0 Å². The van der Waals surface area contributed by atoms with Crippen molar-refractivity contribution < 1.29 is 20.1 Å². The van der Waals surface area contributed by atoms with Gasteiger partial charge in [0.05, 0.1) is 25.9 Å². The average Bonchev–Trinajstić information content (AvgIpc) is 2.86. The van der Waals surface area contributed by atoms with Crippen molar-refractivity contribution >= 4 is 5.91 Å². The number of aliphatic hydroxyl groups is 3. The summed E-state index contributed by atoms with van der Waals surface area (Å²) in [7, 11) is 0. The summed E-state index contributed by atoms with van der Waals surface area (Å²) in [6.07, 6.45) is 2.58. The average molecular weight is 242 g/mol. The Kier molecular flexibility index (Phi) is 4.46. The molecule has 1 aliphatic rings. The van der Waals surface area contributed by atoms with Gasteiger partial charge < -0.3 is 20.6 Å². The lowest BCUT2D eigenvalue weighted by Crippen LogP contribution is -2.59. The van der Waals surface area contributed by atoms with Crippen LogP contribution in [0.2, 0.25) is 0 Å². The summed E-state index contributed by atoms with van der Waals surface area (Å²) in [5.74, 6) is -0.519. The molecule has 6 nitrogen and oxygen atoms in total. The summed E-state index contributed by atoms with van der Waals surface area (Å²) >= 11 is 0. The maximum atomic E-state index is 12.0. The molecule has 1 aliphatic carbocycles. The van der Waals surface area contributed by atoms with Crippen LogP contribution in [0.4, 0.5) is 0 Å². The number of aliphatic hydroxyl groups excluding tert-OH is 3. The van der Waals surface area contributed by atoms with Crippen LogP contribution in [0.3, 0.4) is 0 Å². The van der Waals surface area contributed by atoms with Gasteiger partial charge in [-0.25, -0.2) is 0 Å². The van der Waals surface area contributed by atoms with E-state index in [1.807, 2.05) is 6.07 Å². The molecule has 0 spiro atoms. The van der Waals surface area contributed by atoms with Crippen LogP contribution < -0.4 is 5.32 Å². The first-order chi connectivity index (χ1) is 8.08. The Bertz CT molecular complexity index is 306. The summed E-state index contributed by atoms with van der Waals surface area (Å²) in [6, 6.07) is 2.02. The zero-order valence-electron chi connectivity index (χ0n) is 9.65. The molecule has 0 aromatic heterocycles. The molecule has 4 N–H and O–H groups in total. The van der Waals surface area contributed by atoms with Crippen molar-refractivity contribution in [2.45, 2.75) is 31.2 Å². The summed E-state index contributed by atoms with van der Waals surface area (Å²) in [4.78, 5) is 12.0. The normalized spacial score (nSPS) is 18.7. The quantitative estimate of drug-likeness (QED) is 0.489. The lowest BCUT2D eigenvalue weighted by Gasteiger charge is -2.32. The largest absolute Gasteiger partial charge is 0.394 e. The minimum absolute atomic E-state index is 0.480. The molecule has 0 saturated heterocycles. The highest BCUT2D eigenvalue weighted by molar-refractivity contribution is 5.86. The van der Waals surface area contributed by atoms with Gasteiger partial charge in [-0.3, -0.25) is 4.79 Å². The second kappa shape index (κ2) is 5.45. The molecule has 6 heteroatoms. The van der Waals surface area contributed by atoms with E-state index in [-0.39, 0.29) is 0 Å². The molecule has 17 heavy (non-hydrogen) atoms. The lowest BCUT2D eigenvalue weighted by molar-refractivity contribution is -0.132. The molecule has 1 fully saturated rings. The molecule has 1 saturated carbocycles. The van der Waals surface area contributed by atoms with Crippen LogP contribution in [0.1, 0.15) is 25.7 Å². The predicted molar refractivity (Wildman–Crippen MR) is 58.6 cm³/mol. The Hall–Kier alpha value is -1.16. The van der Waals surface area contributed by atoms with Crippen molar-refractivity contribution in [3.05, 3.63) is 0 Å². The molecule has 0 bridgehead atoms. The third-order valence-corrected chi connectivity index (χ3v) is 3.39. The third-order valence-electron chi connectivity index (χ3n) is 3.39. The molecular formula is C11H18N2O4. The van der Waals surface area contributed by atoms with Crippen LogP contribution in [0.25, 0.3) is 0 Å². The number of nitriles is 1. The van der Waals surface area contributed by atoms with E-state index in [0.717, 1.165) is 12.8 Å². The van der Waals surface area contributed by atoms with Crippen molar-refractivity contribution in [3.8, 4) is 6.07 Å². The fourth-order valence-electron chi connectivity index (χ4n) is 2.00. The smallest absolute Gasteiger partial charge is 0.241 e. The molecule has 0 atom stereocenters. The fraction of sp³-hybridized carbons (Fsp3) is 0.818. The van der Waals surface area contributed by atoms with Crippen LogP contribution >= 0.6 is 0 Å². The van der Waals surface area contributed by atoms with Gasteiger partial charge >= 0.3 is 0 Å². The van der Waals surface area contributed by atoms with E-state index in [1.54, 1.807) is 0 Å². The molecule has 1 rings (SSSR count). The van der Waals surface area contributed by atoms with Crippen LogP contribution in [-0.4, -0.2) is 46.6 Å². The number of carbonyl (C=O) groups is 1. The Labute approximate surface area is 99.9 Å². The van der Waals surface area contributed by atoms with E-state index in [0.29, 0.717) is 12.8 Å². The Morgan fingerprint density at radius 2 is 1.71 bits per heavy atom. The molecule has 96 valence electrons. The maximum Gasteiger partial charge on any atom is 0.241 e. The van der Waals surface area contributed by atoms with Gasteiger partial charge in [0.2, 0.25) is 5.91 Å². The Morgan fingerprint density at radius 1 is 1.24 bits per heavy atom. The first-order valence-corrected chi connectivity index (χ1v) is 5.64. The topological polar surface area (TPSA) is 114 Å². The molecule has 0 aromatic rings. The van der Waals surface area contributed by atoms with E-state index >= 15 is 0 Å². The van der Waals surface area contributed by atoms with Gasteiger partial charge in [-0.05, 0) is 12.8 Å². The predicted octanol–water partition coefficient (Wildman–Crippen LogP) is -1.10. The van der Waals surface area contributed by atoms with Crippen molar-refractivity contribution in [2.75, 3.05) is 19.8 Å². The highest BCUT2D eigenvalue weighted by atomic mass is 16.3. The van der Waals surface area contributed by atoms with Crippen molar-refractivity contribution in [1.29, 1.82) is 5.26 Å². The van der Waals surface area contributed by atoms with Gasteiger partial charge in [0.25, 0.3) is 0 Å². The van der Waals surface area contributed by atoms with Crippen LogP contribution in [-0.2, 0) is 4.79 Å². The Balaban J connectivity index is 2.80. The summed E-state index contributed by atoms with van der Waals surface area (Å²) in [5, 5.41) is 38.8. The minimum atomic E-state index is -1.45. The van der Waals surface area contributed by atoms with Crippen LogP contribution in [0.15, 0.2) is 0 Å². The number of carbonyl (C=O) groups excluding carboxylic acids is 1. The molecule has 0 aromatic carbocycles. The number of hydrogen-bond acceptors (Lipinski definition) is 5.